The van der Waals surface area contributed by atoms with Crippen LogP contribution in [0.1, 0.15) is 24.4 Å². The van der Waals surface area contributed by atoms with Crippen molar-refractivity contribution in [3.63, 3.8) is 0 Å². The van der Waals surface area contributed by atoms with Crippen LogP contribution in [0.25, 0.3) is 0 Å². The summed E-state index contributed by atoms with van der Waals surface area (Å²) in [5, 5.41) is 14.9. The van der Waals surface area contributed by atoms with Gasteiger partial charge in [-0.15, -0.1) is 10.2 Å². The number of hydrogen-bond donors (Lipinski definition) is 1. The zero-order valence-electron chi connectivity index (χ0n) is 9.76. The first-order chi connectivity index (χ1) is 8.15. The Hall–Kier alpha value is -1.82. The predicted molar refractivity (Wildman–Crippen MR) is 60.5 cm³/mol. The number of aromatic nitrogens is 4. The maximum Gasteiger partial charge on any atom is 0.188 e. The van der Waals surface area contributed by atoms with Gasteiger partial charge in [-0.1, -0.05) is 12.1 Å². The first-order valence-electron chi connectivity index (χ1n) is 5.37. The minimum atomic E-state index is -0.228. The van der Waals surface area contributed by atoms with Crippen molar-refractivity contribution in [1.29, 1.82) is 0 Å². The fraction of sp³-hybridized carbons (Fsp3) is 0.364. The Labute approximate surface area is 98.6 Å². The van der Waals surface area contributed by atoms with Crippen LogP contribution in [0.2, 0.25) is 0 Å². The van der Waals surface area contributed by atoms with Gasteiger partial charge >= 0.3 is 0 Å². The number of aryl methyl sites for hydroxylation is 1. The first-order valence-corrected chi connectivity index (χ1v) is 5.37. The Morgan fingerprint density at radius 3 is 2.94 bits per heavy atom. The van der Waals surface area contributed by atoms with Crippen LogP contribution in [0, 0.1) is 5.82 Å². The van der Waals surface area contributed by atoms with Gasteiger partial charge in [-0.05, 0) is 29.8 Å². The summed E-state index contributed by atoms with van der Waals surface area (Å²) in [5.74, 6) is 0.393. The van der Waals surface area contributed by atoms with Crippen molar-refractivity contribution in [3.05, 3.63) is 41.5 Å². The lowest BCUT2D eigenvalue weighted by Gasteiger charge is -2.12. The summed E-state index contributed by atoms with van der Waals surface area (Å²) in [6.07, 6.45) is 0. The summed E-state index contributed by atoms with van der Waals surface area (Å²) in [4.78, 5) is 1.41. The van der Waals surface area contributed by atoms with Crippen LogP contribution in [0.3, 0.4) is 0 Å². The van der Waals surface area contributed by atoms with E-state index in [-0.39, 0.29) is 11.9 Å². The molecule has 1 atom stereocenters. The van der Waals surface area contributed by atoms with Crippen molar-refractivity contribution in [2.75, 3.05) is 0 Å². The van der Waals surface area contributed by atoms with E-state index in [2.05, 4.69) is 20.7 Å². The lowest BCUT2D eigenvalue weighted by Crippen LogP contribution is -2.19. The largest absolute Gasteiger partial charge is 0.303 e. The molecule has 0 radical (unpaired) electrons. The first kappa shape index (κ1) is 11.7. The summed E-state index contributed by atoms with van der Waals surface area (Å²) < 4.78 is 13.0. The van der Waals surface area contributed by atoms with E-state index in [0.717, 1.165) is 5.56 Å². The number of halogens is 1. The molecule has 90 valence electrons. The van der Waals surface area contributed by atoms with Crippen molar-refractivity contribution < 1.29 is 4.39 Å². The second kappa shape index (κ2) is 5.01. The highest BCUT2D eigenvalue weighted by molar-refractivity contribution is 5.19. The molecule has 1 aromatic heterocycles. The van der Waals surface area contributed by atoms with Gasteiger partial charge in [-0.2, -0.15) is 4.80 Å². The number of hydrogen-bond acceptors (Lipinski definition) is 4. The van der Waals surface area contributed by atoms with Gasteiger partial charge in [0.25, 0.3) is 0 Å². The van der Waals surface area contributed by atoms with Crippen LogP contribution in [0.5, 0.6) is 0 Å². The summed E-state index contributed by atoms with van der Waals surface area (Å²) in [7, 11) is 1.71. The van der Waals surface area contributed by atoms with Crippen molar-refractivity contribution in [2.24, 2.45) is 7.05 Å². The monoisotopic (exact) mass is 235 g/mol. The highest BCUT2D eigenvalue weighted by Gasteiger charge is 2.07. The predicted octanol–water partition coefficient (Wildman–Crippen LogP) is 1.20. The molecule has 0 saturated carbocycles. The summed E-state index contributed by atoms with van der Waals surface area (Å²) >= 11 is 0. The maximum absolute atomic E-state index is 13.0. The van der Waals surface area contributed by atoms with Gasteiger partial charge in [0.2, 0.25) is 0 Å². The third kappa shape index (κ3) is 3.07. The molecule has 0 saturated heterocycles. The molecule has 0 unspecified atom stereocenters. The van der Waals surface area contributed by atoms with E-state index < -0.39 is 0 Å². The standard InChI is InChI=1S/C11H14FN5/c1-8(9-4-3-5-10(12)6-9)13-7-11-14-16-17(2)15-11/h3-6,8,13H,7H2,1-2H3/t8-/m1/s1. The van der Waals surface area contributed by atoms with Crippen molar-refractivity contribution in [1.82, 2.24) is 25.5 Å². The van der Waals surface area contributed by atoms with E-state index in [0.29, 0.717) is 12.4 Å². The molecule has 6 heteroatoms. The Bertz CT molecular complexity index is 496. The lowest BCUT2D eigenvalue weighted by molar-refractivity contribution is 0.549. The molecule has 2 aromatic rings. The van der Waals surface area contributed by atoms with Gasteiger partial charge in [0.05, 0.1) is 13.6 Å². The molecule has 0 aliphatic heterocycles. The van der Waals surface area contributed by atoms with Gasteiger partial charge in [-0.25, -0.2) is 4.39 Å². The Kier molecular flexibility index (Phi) is 3.43. The van der Waals surface area contributed by atoms with Crippen LogP contribution < -0.4 is 5.32 Å². The average Bonchev–Trinajstić information content (AvgIpc) is 2.72. The highest BCUT2D eigenvalue weighted by Crippen LogP contribution is 2.13. The van der Waals surface area contributed by atoms with Crippen LogP contribution in [0.15, 0.2) is 24.3 Å². The minimum Gasteiger partial charge on any atom is -0.303 e. The SMILES string of the molecule is C[C@@H](NCc1nnn(C)n1)c1cccc(F)c1. The zero-order chi connectivity index (χ0) is 12.3. The normalized spacial score (nSPS) is 12.6. The second-order valence-corrected chi connectivity index (χ2v) is 3.85. The van der Waals surface area contributed by atoms with Crippen LogP contribution in [-0.4, -0.2) is 20.2 Å². The average molecular weight is 235 g/mol. The quantitative estimate of drug-likeness (QED) is 0.865. The molecule has 17 heavy (non-hydrogen) atoms. The van der Waals surface area contributed by atoms with Gasteiger partial charge in [0.1, 0.15) is 5.82 Å². The summed E-state index contributed by atoms with van der Waals surface area (Å²) in [6.45, 7) is 2.47. The van der Waals surface area contributed by atoms with Gasteiger partial charge in [-0.3, -0.25) is 0 Å². The molecule has 0 amide bonds. The Morgan fingerprint density at radius 2 is 2.29 bits per heavy atom. The van der Waals surface area contributed by atoms with Gasteiger partial charge in [0, 0.05) is 6.04 Å². The van der Waals surface area contributed by atoms with E-state index in [4.69, 9.17) is 0 Å². The molecule has 0 aliphatic carbocycles. The maximum atomic E-state index is 13.0. The van der Waals surface area contributed by atoms with Crippen LogP contribution in [0.4, 0.5) is 4.39 Å². The molecule has 0 bridgehead atoms. The molecule has 2 rings (SSSR count). The summed E-state index contributed by atoms with van der Waals surface area (Å²) in [6, 6.07) is 6.56. The summed E-state index contributed by atoms with van der Waals surface area (Å²) in [5.41, 5.74) is 0.897. The Morgan fingerprint density at radius 1 is 1.47 bits per heavy atom. The van der Waals surface area contributed by atoms with E-state index in [9.17, 15) is 4.39 Å². The number of rotatable bonds is 4. The number of tetrazole rings is 1. The smallest absolute Gasteiger partial charge is 0.188 e. The number of nitrogens with one attached hydrogen (secondary N) is 1. The molecule has 5 nitrogen and oxygen atoms in total. The van der Waals surface area contributed by atoms with Crippen LogP contribution in [-0.2, 0) is 13.6 Å². The van der Waals surface area contributed by atoms with Gasteiger partial charge < -0.3 is 5.32 Å². The van der Waals surface area contributed by atoms with Crippen molar-refractivity contribution >= 4 is 0 Å². The molecule has 1 aromatic carbocycles. The third-order valence-corrected chi connectivity index (χ3v) is 2.46. The fourth-order valence-electron chi connectivity index (χ4n) is 1.53. The fourth-order valence-corrected chi connectivity index (χ4v) is 1.53. The number of nitrogens with zero attached hydrogens (tertiary/aromatic N) is 4. The molecule has 0 spiro atoms. The number of benzene rings is 1. The zero-order valence-corrected chi connectivity index (χ0v) is 9.76. The third-order valence-electron chi connectivity index (χ3n) is 2.46. The molecule has 0 fully saturated rings. The second-order valence-electron chi connectivity index (χ2n) is 3.85. The van der Waals surface area contributed by atoms with E-state index in [1.807, 2.05) is 13.0 Å². The van der Waals surface area contributed by atoms with E-state index in [1.54, 1.807) is 13.1 Å². The van der Waals surface area contributed by atoms with Crippen LogP contribution >= 0.6 is 0 Å². The van der Waals surface area contributed by atoms with Crippen molar-refractivity contribution in [3.8, 4) is 0 Å². The van der Waals surface area contributed by atoms with Gasteiger partial charge in [0.15, 0.2) is 5.82 Å². The molecule has 0 aliphatic rings. The molecular formula is C11H14FN5. The molecular weight excluding hydrogens is 221 g/mol. The van der Waals surface area contributed by atoms with Crippen molar-refractivity contribution in [2.45, 2.75) is 19.5 Å². The topological polar surface area (TPSA) is 55.6 Å². The molecule has 1 N–H and O–H groups in total. The lowest BCUT2D eigenvalue weighted by atomic mass is 10.1. The van der Waals surface area contributed by atoms with E-state index in [1.165, 1.54) is 16.9 Å². The van der Waals surface area contributed by atoms with E-state index >= 15 is 0 Å². The minimum absolute atomic E-state index is 0.0366. The Balaban J connectivity index is 1.95. The highest BCUT2D eigenvalue weighted by atomic mass is 19.1. The molecule has 1 heterocycles.